The summed E-state index contributed by atoms with van der Waals surface area (Å²) in [4.78, 5) is 11.2. The first-order valence-electron chi connectivity index (χ1n) is 9.37. The molecule has 0 radical (unpaired) electrons. The average Bonchev–Trinajstić information content (AvgIpc) is 3.35. The zero-order chi connectivity index (χ0) is 18.5. The van der Waals surface area contributed by atoms with Crippen LogP contribution in [0, 0.1) is 0 Å². The number of rotatable bonds is 5. The number of halogens is 1. The maximum atomic E-state index is 4.90. The molecular formula is C21H25IN6. The Labute approximate surface area is 182 Å². The number of hydrogen-bond acceptors (Lipinski definition) is 3. The number of aromatic nitrogens is 3. The van der Waals surface area contributed by atoms with E-state index in [9.17, 15) is 0 Å². The molecule has 0 aliphatic carbocycles. The number of guanidine groups is 1. The fourth-order valence-corrected chi connectivity index (χ4v) is 3.45. The summed E-state index contributed by atoms with van der Waals surface area (Å²) < 4.78 is 1.83. The highest BCUT2D eigenvalue weighted by Gasteiger charge is 2.22. The molecule has 2 heterocycles. The Kier molecular flexibility index (Phi) is 7.02. The molecule has 1 N–H and O–H groups in total. The summed E-state index contributed by atoms with van der Waals surface area (Å²) in [6.45, 7) is 5.29. The van der Waals surface area contributed by atoms with Crippen molar-refractivity contribution in [3.63, 3.8) is 0 Å². The number of nitrogens with one attached hydrogen (secondary N) is 1. The SMILES string of the molecule is CCNC(=NCc1cccc(Cn2cncn2)c1)N1CCc2ccccc21.I. The molecule has 0 atom stereocenters. The molecule has 0 spiro atoms. The molecule has 0 unspecified atom stereocenters. The molecule has 0 bridgehead atoms. The highest BCUT2D eigenvalue weighted by Crippen LogP contribution is 2.27. The number of aliphatic imine (C=N–C) groups is 1. The smallest absolute Gasteiger partial charge is 0.198 e. The van der Waals surface area contributed by atoms with Crippen molar-refractivity contribution >= 4 is 35.6 Å². The van der Waals surface area contributed by atoms with Gasteiger partial charge in [-0.05, 0) is 36.1 Å². The molecule has 3 aromatic rings. The Hall–Kier alpha value is -2.42. The van der Waals surface area contributed by atoms with E-state index in [0.717, 1.165) is 32.0 Å². The molecule has 4 rings (SSSR count). The van der Waals surface area contributed by atoms with Gasteiger partial charge in [0.1, 0.15) is 12.7 Å². The fraction of sp³-hybridized carbons (Fsp3) is 0.286. The van der Waals surface area contributed by atoms with E-state index in [0.29, 0.717) is 6.54 Å². The maximum absolute atomic E-state index is 4.90. The van der Waals surface area contributed by atoms with Crippen molar-refractivity contribution in [1.29, 1.82) is 0 Å². The standard InChI is InChI=1S/C21H24N6.HI/c1-2-23-21(27-11-10-19-8-3-4-9-20(19)27)24-13-17-6-5-7-18(12-17)14-26-16-22-15-25-26;/h3-9,12,15-16H,2,10-11,13-14H2,1H3,(H,23,24);1H. The van der Waals surface area contributed by atoms with Gasteiger partial charge in [-0.15, -0.1) is 24.0 Å². The molecule has 146 valence electrons. The average molecular weight is 488 g/mol. The lowest BCUT2D eigenvalue weighted by Gasteiger charge is -2.22. The molecule has 0 saturated carbocycles. The van der Waals surface area contributed by atoms with Crippen LogP contribution in [-0.4, -0.2) is 33.8 Å². The Morgan fingerprint density at radius 1 is 1.14 bits per heavy atom. The van der Waals surface area contributed by atoms with Crippen molar-refractivity contribution in [1.82, 2.24) is 20.1 Å². The number of hydrogen-bond donors (Lipinski definition) is 1. The van der Waals surface area contributed by atoms with Gasteiger partial charge in [-0.1, -0.05) is 42.5 Å². The summed E-state index contributed by atoms with van der Waals surface area (Å²) >= 11 is 0. The van der Waals surface area contributed by atoms with Gasteiger partial charge in [-0.2, -0.15) is 5.10 Å². The molecule has 7 heteroatoms. The first kappa shape index (κ1) is 20.3. The van der Waals surface area contributed by atoms with Gasteiger partial charge in [0.05, 0.1) is 13.1 Å². The molecule has 0 amide bonds. The number of para-hydroxylation sites is 1. The predicted octanol–water partition coefficient (Wildman–Crippen LogP) is 3.47. The second-order valence-electron chi connectivity index (χ2n) is 6.61. The van der Waals surface area contributed by atoms with E-state index in [-0.39, 0.29) is 24.0 Å². The first-order chi connectivity index (χ1) is 13.3. The van der Waals surface area contributed by atoms with E-state index in [1.165, 1.54) is 22.4 Å². The monoisotopic (exact) mass is 488 g/mol. The molecule has 2 aromatic carbocycles. The Balaban J connectivity index is 0.00000225. The van der Waals surface area contributed by atoms with Crippen LogP contribution in [0.25, 0.3) is 0 Å². The van der Waals surface area contributed by atoms with Crippen molar-refractivity contribution in [3.8, 4) is 0 Å². The van der Waals surface area contributed by atoms with Gasteiger partial charge < -0.3 is 10.2 Å². The van der Waals surface area contributed by atoms with E-state index < -0.39 is 0 Å². The minimum Gasteiger partial charge on any atom is -0.356 e. The second-order valence-corrected chi connectivity index (χ2v) is 6.61. The highest BCUT2D eigenvalue weighted by molar-refractivity contribution is 14.0. The minimum atomic E-state index is 0. The van der Waals surface area contributed by atoms with Gasteiger partial charge in [-0.3, -0.25) is 0 Å². The van der Waals surface area contributed by atoms with Crippen LogP contribution in [-0.2, 0) is 19.5 Å². The maximum Gasteiger partial charge on any atom is 0.198 e. The Bertz CT molecular complexity index is 922. The largest absolute Gasteiger partial charge is 0.356 e. The molecule has 1 aliphatic rings. The van der Waals surface area contributed by atoms with Crippen molar-refractivity contribution in [2.45, 2.75) is 26.4 Å². The number of anilines is 1. The van der Waals surface area contributed by atoms with Crippen molar-refractivity contribution in [2.75, 3.05) is 18.0 Å². The minimum absolute atomic E-state index is 0. The van der Waals surface area contributed by atoms with Gasteiger partial charge in [0.25, 0.3) is 0 Å². The second kappa shape index (κ2) is 9.68. The third-order valence-corrected chi connectivity index (χ3v) is 4.69. The lowest BCUT2D eigenvalue weighted by atomic mass is 10.1. The normalized spacial score (nSPS) is 13.2. The summed E-state index contributed by atoms with van der Waals surface area (Å²) in [5.41, 5.74) is 5.04. The van der Waals surface area contributed by atoms with Crippen LogP contribution in [0.4, 0.5) is 5.69 Å². The van der Waals surface area contributed by atoms with Gasteiger partial charge in [-0.25, -0.2) is 14.7 Å². The summed E-state index contributed by atoms with van der Waals surface area (Å²) in [5, 5.41) is 7.61. The van der Waals surface area contributed by atoms with Crippen LogP contribution in [0.3, 0.4) is 0 Å². The van der Waals surface area contributed by atoms with E-state index >= 15 is 0 Å². The van der Waals surface area contributed by atoms with Crippen LogP contribution < -0.4 is 10.2 Å². The van der Waals surface area contributed by atoms with Crippen LogP contribution in [0.5, 0.6) is 0 Å². The molecule has 1 aromatic heterocycles. The summed E-state index contributed by atoms with van der Waals surface area (Å²) in [6, 6.07) is 17.1. The van der Waals surface area contributed by atoms with Gasteiger partial charge in [0.2, 0.25) is 0 Å². The lowest BCUT2D eigenvalue weighted by Crippen LogP contribution is -2.40. The van der Waals surface area contributed by atoms with Crippen molar-refractivity contribution in [2.24, 2.45) is 4.99 Å². The summed E-state index contributed by atoms with van der Waals surface area (Å²) in [5.74, 6) is 0.948. The van der Waals surface area contributed by atoms with Gasteiger partial charge in [0.15, 0.2) is 5.96 Å². The summed E-state index contributed by atoms with van der Waals surface area (Å²) in [6.07, 6.45) is 4.36. The van der Waals surface area contributed by atoms with E-state index in [1.54, 1.807) is 12.7 Å². The fourth-order valence-electron chi connectivity index (χ4n) is 3.45. The number of benzene rings is 2. The lowest BCUT2D eigenvalue weighted by molar-refractivity contribution is 0.684. The first-order valence-corrected chi connectivity index (χ1v) is 9.37. The number of fused-ring (bicyclic) bond motifs is 1. The summed E-state index contributed by atoms with van der Waals surface area (Å²) in [7, 11) is 0. The molecule has 28 heavy (non-hydrogen) atoms. The molecule has 6 nitrogen and oxygen atoms in total. The third-order valence-electron chi connectivity index (χ3n) is 4.69. The molecule has 0 fully saturated rings. The zero-order valence-corrected chi connectivity index (χ0v) is 18.3. The van der Waals surface area contributed by atoms with Crippen LogP contribution in [0.15, 0.2) is 66.2 Å². The van der Waals surface area contributed by atoms with E-state index in [4.69, 9.17) is 4.99 Å². The molecule has 1 aliphatic heterocycles. The third kappa shape index (κ3) is 4.70. The topological polar surface area (TPSA) is 58.3 Å². The van der Waals surface area contributed by atoms with Crippen LogP contribution in [0.2, 0.25) is 0 Å². The van der Waals surface area contributed by atoms with Crippen LogP contribution >= 0.6 is 24.0 Å². The molecular weight excluding hydrogens is 463 g/mol. The van der Waals surface area contributed by atoms with Crippen molar-refractivity contribution in [3.05, 3.63) is 77.9 Å². The molecule has 0 saturated heterocycles. The van der Waals surface area contributed by atoms with E-state index in [1.807, 2.05) is 4.68 Å². The predicted molar refractivity (Wildman–Crippen MR) is 123 cm³/mol. The van der Waals surface area contributed by atoms with Crippen molar-refractivity contribution < 1.29 is 0 Å². The van der Waals surface area contributed by atoms with Gasteiger partial charge >= 0.3 is 0 Å². The Morgan fingerprint density at radius 3 is 2.82 bits per heavy atom. The zero-order valence-electron chi connectivity index (χ0n) is 16.0. The number of nitrogens with zero attached hydrogens (tertiary/aromatic N) is 5. The highest BCUT2D eigenvalue weighted by atomic mass is 127. The van der Waals surface area contributed by atoms with E-state index in [2.05, 4.69) is 75.8 Å². The van der Waals surface area contributed by atoms with Crippen LogP contribution in [0.1, 0.15) is 23.6 Å². The Morgan fingerprint density at radius 2 is 2.00 bits per heavy atom. The quantitative estimate of drug-likeness (QED) is 0.340. The van der Waals surface area contributed by atoms with Gasteiger partial charge in [0, 0.05) is 18.8 Å².